The van der Waals surface area contributed by atoms with E-state index in [9.17, 15) is 8.42 Å². The maximum atomic E-state index is 11.4. The van der Waals surface area contributed by atoms with E-state index in [1.807, 2.05) is 12.1 Å². The SMILES string of the molecule is CS(=O)(=O)c1ccc(CSCCNc2cc(Cl)nc(N)n2)cc1. The number of hydrogen-bond donors (Lipinski definition) is 2. The first kappa shape index (κ1) is 17.8. The summed E-state index contributed by atoms with van der Waals surface area (Å²) in [7, 11) is -3.14. The van der Waals surface area contributed by atoms with Gasteiger partial charge in [-0.25, -0.2) is 13.4 Å². The molecule has 0 aliphatic heterocycles. The largest absolute Gasteiger partial charge is 0.369 e. The fourth-order valence-corrected chi connectivity index (χ4v) is 3.44. The Hall–Kier alpha value is -1.51. The lowest BCUT2D eigenvalue weighted by Gasteiger charge is -2.07. The summed E-state index contributed by atoms with van der Waals surface area (Å²) >= 11 is 7.52. The lowest BCUT2D eigenvalue weighted by molar-refractivity contribution is 0.602. The van der Waals surface area contributed by atoms with Crippen LogP contribution in [-0.2, 0) is 15.6 Å². The number of benzene rings is 1. The Morgan fingerprint density at radius 3 is 2.57 bits per heavy atom. The second-order valence-electron chi connectivity index (χ2n) is 4.83. The molecule has 0 fully saturated rings. The van der Waals surface area contributed by atoms with Crippen molar-refractivity contribution in [3.05, 3.63) is 41.0 Å². The van der Waals surface area contributed by atoms with E-state index in [1.165, 1.54) is 6.26 Å². The second kappa shape index (κ2) is 7.85. The van der Waals surface area contributed by atoms with Crippen molar-refractivity contribution in [2.45, 2.75) is 10.6 Å². The maximum Gasteiger partial charge on any atom is 0.223 e. The normalized spacial score (nSPS) is 11.4. The van der Waals surface area contributed by atoms with Crippen molar-refractivity contribution in [3.8, 4) is 0 Å². The van der Waals surface area contributed by atoms with E-state index in [-0.39, 0.29) is 5.95 Å². The summed E-state index contributed by atoms with van der Waals surface area (Å²) in [6.45, 7) is 0.707. The van der Waals surface area contributed by atoms with E-state index in [0.717, 1.165) is 17.1 Å². The second-order valence-corrected chi connectivity index (χ2v) is 8.34. The predicted molar refractivity (Wildman–Crippen MR) is 95.7 cm³/mol. The van der Waals surface area contributed by atoms with Crippen LogP contribution in [0.5, 0.6) is 0 Å². The molecule has 0 bridgehead atoms. The molecule has 0 spiro atoms. The van der Waals surface area contributed by atoms with Gasteiger partial charge in [0.2, 0.25) is 5.95 Å². The number of sulfone groups is 1. The number of anilines is 2. The van der Waals surface area contributed by atoms with E-state index in [0.29, 0.717) is 22.4 Å². The van der Waals surface area contributed by atoms with Gasteiger partial charge in [-0.05, 0) is 17.7 Å². The Balaban J connectivity index is 1.75. The highest BCUT2D eigenvalue weighted by Gasteiger charge is 2.06. The van der Waals surface area contributed by atoms with Gasteiger partial charge in [0.25, 0.3) is 0 Å². The van der Waals surface area contributed by atoms with Crippen LogP contribution in [0.2, 0.25) is 5.15 Å². The van der Waals surface area contributed by atoms with Crippen molar-refractivity contribution in [3.63, 3.8) is 0 Å². The van der Waals surface area contributed by atoms with Gasteiger partial charge < -0.3 is 11.1 Å². The molecule has 2 aromatic rings. The highest BCUT2D eigenvalue weighted by molar-refractivity contribution is 7.98. The van der Waals surface area contributed by atoms with Crippen LogP contribution in [0.15, 0.2) is 35.2 Å². The molecule has 0 amide bonds. The molecule has 0 saturated heterocycles. The standard InChI is InChI=1S/C14H17ClN4O2S2/c1-23(20,21)11-4-2-10(3-5-11)9-22-7-6-17-13-8-12(15)18-14(16)19-13/h2-5,8H,6-7,9H2,1H3,(H3,16,17,18,19). The number of nitrogens with zero attached hydrogens (tertiary/aromatic N) is 2. The van der Waals surface area contributed by atoms with Gasteiger partial charge in [0, 0.05) is 30.4 Å². The van der Waals surface area contributed by atoms with E-state index < -0.39 is 9.84 Å². The monoisotopic (exact) mass is 372 g/mol. The minimum Gasteiger partial charge on any atom is -0.369 e. The summed E-state index contributed by atoms with van der Waals surface area (Å²) in [4.78, 5) is 8.15. The Morgan fingerprint density at radius 2 is 1.96 bits per heavy atom. The zero-order valence-corrected chi connectivity index (χ0v) is 14.9. The number of thioether (sulfide) groups is 1. The first-order valence-electron chi connectivity index (χ1n) is 6.75. The van der Waals surface area contributed by atoms with Gasteiger partial charge in [0.05, 0.1) is 4.90 Å². The molecule has 1 heterocycles. The minimum atomic E-state index is -3.14. The Morgan fingerprint density at radius 1 is 1.26 bits per heavy atom. The molecule has 1 aromatic carbocycles. The van der Waals surface area contributed by atoms with Crippen molar-refractivity contribution in [2.24, 2.45) is 0 Å². The lowest BCUT2D eigenvalue weighted by atomic mass is 10.2. The van der Waals surface area contributed by atoms with E-state index in [1.54, 1.807) is 30.0 Å². The summed E-state index contributed by atoms with van der Waals surface area (Å²) in [6, 6.07) is 8.56. The van der Waals surface area contributed by atoms with Crippen molar-refractivity contribution < 1.29 is 8.42 Å². The van der Waals surface area contributed by atoms with E-state index >= 15 is 0 Å². The summed E-state index contributed by atoms with van der Waals surface area (Å²) < 4.78 is 22.8. The number of nitrogens with two attached hydrogens (primary N) is 1. The Kier molecular flexibility index (Phi) is 6.09. The third-order valence-electron chi connectivity index (χ3n) is 2.88. The molecule has 1 aromatic heterocycles. The van der Waals surface area contributed by atoms with Gasteiger partial charge >= 0.3 is 0 Å². The molecule has 2 rings (SSSR count). The average Bonchev–Trinajstić information content (AvgIpc) is 2.45. The molecule has 0 saturated carbocycles. The van der Waals surface area contributed by atoms with Crippen LogP contribution >= 0.6 is 23.4 Å². The van der Waals surface area contributed by atoms with Gasteiger partial charge in [-0.1, -0.05) is 23.7 Å². The molecule has 3 N–H and O–H groups in total. The molecule has 0 unspecified atom stereocenters. The first-order valence-corrected chi connectivity index (χ1v) is 10.2. The van der Waals surface area contributed by atoms with Crippen molar-refractivity contribution in [1.82, 2.24) is 9.97 Å². The molecule has 23 heavy (non-hydrogen) atoms. The summed E-state index contributed by atoms with van der Waals surface area (Å²) in [6.07, 6.45) is 1.20. The minimum absolute atomic E-state index is 0.138. The fraction of sp³-hybridized carbons (Fsp3) is 0.286. The Bertz CT molecular complexity index is 747. The van der Waals surface area contributed by atoms with Crippen LogP contribution < -0.4 is 11.1 Å². The van der Waals surface area contributed by atoms with Crippen molar-refractivity contribution >= 4 is 45.0 Å². The number of aromatic nitrogens is 2. The molecular weight excluding hydrogens is 356 g/mol. The van der Waals surface area contributed by atoms with Gasteiger partial charge in [-0.15, -0.1) is 0 Å². The van der Waals surface area contributed by atoms with Gasteiger partial charge in [-0.2, -0.15) is 16.7 Å². The number of halogens is 1. The zero-order valence-electron chi connectivity index (χ0n) is 12.5. The van der Waals surface area contributed by atoms with Crippen LogP contribution in [0.25, 0.3) is 0 Å². The number of rotatable bonds is 7. The summed E-state index contributed by atoms with van der Waals surface area (Å²) in [5, 5.41) is 3.43. The van der Waals surface area contributed by atoms with E-state index in [2.05, 4.69) is 15.3 Å². The van der Waals surface area contributed by atoms with Crippen LogP contribution in [0, 0.1) is 0 Å². The van der Waals surface area contributed by atoms with Gasteiger partial charge in [0.15, 0.2) is 9.84 Å². The van der Waals surface area contributed by atoms with Crippen LogP contribution in [-0.4, -0.2) is 36.9 Å². The van der Waals surface area contributed by atoms with Crippen molar-refractivity contribution in [2.75, 3.05) is 29.6 Å². The molecule has 6 nitrogen and oxygen atoms in total. The lowest BCUT2D eigenvalue weighted by Crippen LogP contribution is -2.07. The van der Waals surface area contributed by atoms with Gasteiger partial charge in [-0.3, -0.25) is 0 Å². The first-order chi connectivity index (χ1) is 10.8. The van der Waals surface area contributed by atoms with Crippen LogP contribution in [0.1, 0.15) is 5.56 Å². The third kappa shape index (κ3) is 5.89. The van der Waals surface area contributed by atoms with Crippen LogP contribution in [0.3, 0.4) is 0 Å². The topological polar surface area (TPSA) is 98.0 Å². The molecule has 124 valence electrons. The summed E-state index contributed by atoms with van der Waals surface area (Å²) in [5.41, 5.74) is 6.59. The zero-order chi connectivity index (χ0) is 16.9. The number of nitrogen functional groups attached to an aromatic ring is 1. The average molecular weight is 373 g/mol. The summed E-state index contributed by atoms with van der Waals surface area (Å²) in [5.74, 6) is 2.40. The highest BCUT2D eigenvalue weighted by atomic mass is 35.5. The molecule has 9 heteroatoms. The maximum absolute atomic E-state index is 11.4. The predicted octanol–water partition coefficient (Wildman–Crippen LogP) is 2.46. The van der Waals surface area contributed by atoms with Crippen molar-refractivity contribution in [1.29, 1.82) is 0 Å². The van der Waals surface area contributed by atoms with Crippen LogP contribution in [0.4, 0.5) is 11.8 Å². The molecule has 0 aliphatic rings. The fourth-order valence-electron chi connectivity index (χ4n) is 1.80. The number of nitrogens with one attached hydrogen (secondary N) is 1. The highest BCUT2D eigenvalue weighted by Crippen LogP contribution is 2.16. The molecule has 0 atom stereocenters. The smallest absolute Gasteiger partial charge is 0.223 e. The quantitative estimate of drug-likeness (QED) is 0.569. The molecule has 0 radical (unpaired) electrons. The Labute approximate surface area is 144 Å². The molecule has 0 aliphatic carbocycles. The van der Waals surface area contributed by atoms with E-state index in [4.69, 9.17) is 17.3 Å². The molecular formula is C14H17ClN4O2S2. The third-order valence-corrected chi connectivity index (χ3v) is 5.24. The van der Waals surface area contributed by atoms with Gasteiger partial charge in [0.1, 0.15) is 11.0 Å². The number of hydrogen-bond acceptors (Lipinski definition) is 7.